The molecule has 0 amide bonds. The van der Waals surface area contributed by atoms with Gasteiger partial charge in [0.25, 0.3) is 0 Å². The van der Waals surface area contributed by atoms with Gasteiger partial charge in [-0.3, -0.25) is 4.98 Å². The van der Waals surface area contributed by atoms with Crippen LogP contribution in [0.15, 0.2) is 68.4 Å². The van der Waals surface area contributed by atoms with E-state index >= 15 is 0 Å². The number of nitrogens with zero attached hydrogens (tertiary/aromatic N) is 1. The highest BCUT2D eigenvalue weighted by molar-refractivity contribution is 9.10. The molecule has 4 aromatic rings. The van der Waals surface area contributed by atoms with Crippen LogP contribution in [0.2, 0.25) is 0 Å². The topological polar surface area (TPSA) is 55.1 Å². The standard InChI is InChI=1S/C27H26BrFN2O2/c1-16(31-25-15-27(32)33-26-13-19(28)6-8-22(25)26)12-17-2-4-18(5-3-17)21-10-11-30-24-9-7-20(29)14-23(21)24/h6-11,13-18,31H,2-5,12H2,1H3/t16-,17-,18-/m1/s1. The molecule has 2 aromatic carbocycles. The minimum atomic E-state index is -0.350. The third-order valence-corrected chi connectivity index (χ3v) is 7.31. The fraction of sp³-hybridized carbons (Fsp3) is 0.333. The van der Waals surface area contributed by atoms with Crippen LogP contribution in [0, 0.1) is 11.7 Å². The van der Waals surface area contributed by atoms with Crippen molar-refractivity contribution in [3.05, 3.63) is 81.0 Å². The molecule has 2 heterocycles. The van der Waals surface area contributed by atoms with Gasteiger partial charge in [-0.15, -0.1) is 0 Å². The van der Waals surface area contributed by atoms with Crippen LogP contribution in [0.3, 0.4) is 0 Å². The average Bonchev–Trinajstić information content (AvgIpc) is 2.78. The Labute approximate surface area is 200 Å². The van der Waals surface area contributed by atoms with Gasteiger partial charge in [-0.25, -0.2) is 9.18 Å². The van der Waals surface area contributed by atoms with E-state index in [-0.39, 0.29) is 17.5 Å². The highest BCUT2D eigenvalue weighted by Crippen LogP contribution is 2.40. The second-order valence-corrected chi connectivity index (χ2v) is 10.1. The molecule has 1 aliphatic carbocycles. The first-order chi connectivity index (χ1) is 16.0. The Hall–Kier alpha value is -2.73. The zero-order valence-corrected chi connectivity index (χ0v) is 20.1. The van der Waals surface area contributed by atoms with Crippen molar-refractivity contribution in [1.82, 2.24) is 4.98 Å². The van der Waals surface area contributed by atoms with Crippen LogP contribution in [0.25, 0.3) is 21.9 Å². The molecule has 1 atom stereocenters. The van der Waals surface area contributed by atoms with Crippen molar-refractivity contribution in [2.75, 3.05) is 5.32 Å². The molecule has 0 radical (unpaired) electrons. The molecule has 5 rings (SSSR count). The molecule has 1 saturated carbocycles. The van der Waals surface area contributed by atoms with E-state index in [1.807, 2.05) is 24.4 Å². The number of hydrogen-bond donors (Lipinski definition) is 1. The van der Waals surface area contributed by atoms with Gasteiger partial charge < -0.3 is 9.73 Å². The van der Waals surface area contributed by atoms with Gasteiger partial charge in [0.05, 0.1) is 11.2 Å². The smallest absolute Gasteiger partial charge is 0.338 e. The van der Waals surface area contributed by atoms with E-state index in [2.05, 4.69) is 39.2 Å². The quantitative estimate of drug-likeness (QED) is 0.285. The predicted octanol–water partition coefficient (Wildman–Crippen LogP) is 7.41. The van der Waals surface area contributed by atoms with E-state index in [1.54, 1.807) is 12.1 Å². The van der Waals surface area contributed by atoms with Crippen LogP contribution in [-0.2, 0) is 0 Å². The molecule has 1 aliphatic rings. The molecule has 0 saturated heterocycles. The van der Waals surface area contributed by atoms with E-state index < -0.39 is 0 Å². The van der Waals surface area contributed by atoms with E-state index in [0.29, 0.717) is 17.4 Å². The van der Waals surface area contributed by atoms with E-state index in [0.717, 1.165) is 58.6 Å². The van der Waals surface area contributed by atoms with Gasteiger partial charge in [-0.1, -0.05) is 15.9 Å². The van der Waals surface area contributed by atoms with Crippen molar-refractivity contribution in [2.24, 2.45) is 5.92 Å². The number of fused-ring (bicyclic) bond motifs is 2. The van der Waals surface area contributed by atoms with Crippen LogP contribution in [0.1, 0.15) is 50.5 Å². The second-order valence-electron chi connectivity index (χ2n) is 9.18. The van der Waals surface area contributed by atoms with Crippen molar-refractivity contribution >= 4 is 43.5 Å². The number of pyridine rings is 1. The Bertz CT molecular complexity index is 1360. The van der Waals surface area contributed by atoms with E-state index in [4.69, 9.17) is 4.42 Å². The summed E-state index contributed by atoms with van der Waals surface area (Å²) in [6.07, 6.45) is 7.35. The van der Waals surface area contributed by atoms with Crippen LogP contribution >= 0.6 is 15.9 Å². The van der Waals surface area contributed by atoms with Crippen LogP contribution in [0.5, 0.6) is 0 Å². The first-order valence-corrected chi connectivity index (χ1v) is 12.3. The van der Waals surface area contributed by atoms with Crippen LogP contribution in [0.4, 0.5) is 10.1 Å². The Balaban J connectivity index is 1.25. The normalized spacial score (nSPS) is 19.6. The first-order valence-electron chi connectivity index (χ1n) is 11.5. The monoisotopic (exact) mass is 508 g/mol. The summed E-state index contributed by atoms with van der Waals surface area (Å²) >= 11 is 3.43. The Morgan fingerprint density at radius 2 is 1.91 bits per heavy atom. The summed E-state index contributed by atoms with van der Waals surface area (Å²) in [5.41, 5.74) is 3.13. The summed E-state index contributed by atoms with van der Waals surface area (Å²) in [4.78, 5) is 16.4. The lowest BCUT2D eigenvalue weighted by Crippen LogP contribution is -2.23. The van der Waals surface area contributed by atoms with Crippen LogP contribution in [-0.4, -0.2) is 11.0 Å². The molecular weight excluding hydrogens is 483 g/mol. The lowest BCUT2D eigenvalue weighted by Gasteiger charge is -2.31. The molecule has 33 heavy (non-hydrogen) atoms. The van der Waals surface area contributed by atoms with Gasteiger partial charge in [0.1, 0.15) is 11.4 Å². The summed E-state index contributed by atoms with van der Waals surface area (Å²) in [6.45, 7) is 2.17. The molecule has 1 fully saturated rings. The molecule has 1 N–H and O–H groups in total. The second kappa shape index (κ2) is 9.26. The lowest BCUT2D eigenvalue weighted by atomic mass is 9.76. The maximum absolute atomic E-state index is 13.8. The number of benzene rings is 2. The zero-order chi connectivity index (χ0) is 22.9. The van der Waals surface area contributed by atoms with E-state index in [1.165, 1.54) is 17.7 Å². The summed E-state index contributed by atoms with van der Waals surface area (Å²) in [5.74, 6) is 0.854. The fourth-order valence-corrected chi connectivity index (χ4v) is 5.63. The van der Waals surface area contributed by atoms with Gasteiger partial charge in [0, 0.05) is 33.6 Å². The van der Waals surface area contributed by atoms with Gasteiger partial charge in [-0.2, -0.15) is 0 Å². The SMILES string of the molecule is C[C@H](C[C@H]1CC[C@H](c2ccnc3ccc(F)cc32)CC1)Nc1cc(=O)oc2cc(Br)ccc12. The van der Waals surface area contributed by atoms with Gasteiger partial charge >= 0.3 is 5.63 Å². The maximum Gasteiger partial charge on any atom is 0.338 e. The molecule has 0 spiro atoms. The molecule has 0 bridgehead atoms. The molecule has 0 aliphatic heterocycles. The summed E-state index contributed by atoms with van der Waals surface area (Å²) in [7, 11) is 0. The molecule has 4 nitrogen and oxygen atoms in total. The minimum Gasteiger partial charge on any atom is -0.423 e. The minimum absolute atomic E-state index is 0.208. The van der Waals surface area contributed by atoms with Crippen molar-refractivity contribution in [1.29, 1.82) is 0 Å². The number of anilines is 1. The van der Waals surface area contributed by atoms with Crippen molar-refractivity contribution in [3.8, 4) is 0 Å². The number of nitrogens with one attached hydrogen (secondary N) is 1. The third-order valence-electron chi connectivity index (χ3n) is 6.82. The predicted molar refractivity (Wildman–Crippen MR) is 134 cm³/mol. The Morgan fingerprint density at radius 1 is 1.09 bits per heavy atom. The van der Waals surface area contributed by atoms with Crippen LogP contribution < -0.4 is 10.9 Å². The first kappa shape index (κ1) is 22.1. The maximum atomic E-state index is 13.8. The zero-order valence-electron chi connectivity index (χ0n) is 18.5. The van der Waals surface area contributed by atoms with E-state index in [9.17, 15) is 9.18 Å². The third kappa shape index (κ3) is 4.81. The van der Waals surface area contributed by atoms with Gasteiger partial charge in [0.2, 0.25) is 0 Å². The molecule has 0 unspecified atom stereocenters. The highest BCUT2D eigenvalue weighted by Gasteiger charge is 2.25. The Kier molecular flexibility index (Phi) is 6.19. The number of hydrogen-bond acceptors (Lipinski definition) is 4. The average molecular weight is 509 g/mol. The summed E-state index contributed by atoms with van der Waals surface area (Å²) in [5, 5.41) is 5.39. The number of halogens is 2. The fourth-order valence-electron chi connectivity index (χ4n) is 5.29. The molecule has 6 heteroatoms. The lowest BCUT2D eigenvalue weighted by molar-refractivity contribution is 0.302. The summed E-state index contributed by atoms with van der Waals surface area (Å²) < 4.78 is 20.1. The number of aromatic nitrogens is 1. The molecular formula is C27H26BrFN2O2. The number of rotatable bonds is 5. The van der Waals surface area contributed by atoms with Crippen molar-refractivity contribution in [2.45, 2.75) is 51.0 Å². The van der Waals surface area contributed by atoms with Gasteiger partial charge in [0.15, 0.2) is 0 Å². The largest absolute Gasteiger partial charge is 0.423 e. The van der Waals surface area contributed by atoms with Crippen molar-refractivity contribution < 1.29 is 8.81 Å². The molecule has 2 aromatic heterocycles. The highest BCUT2D eigenvalue weighted by atomic mass is 79.9. The molecule has 170 valence electrons. The van der Waals surface area contributed by atoms with Crippen molar-refractivity contribution in [3.63, 3.8) is 0 Å². The summed E-state index contributed by atoms with van der Waals surface area (Å²) in [6, 6.07) is 14.4. The van der Waals surface area contributed by atoms with Gasteiger partial charge in [-0.05, 0) is 98.9 Å². The Morgan fingerprint density at radius 3 is 2.73 bits per heavy atom.